The summed E-state index contributed by atoms with van der Waals surface area (Å²) >= 11 is 0. The van der Waals surface area contributed by atoms with Gasteiger partial charge in [0.05, 0.1) is 43.5 Å². The monoisotopic (exact) mass is 632 g/mol. The highest BCUT2D eigenvalue weighted by molar-refractivity contribution is 5.50. The number of halogens is 2. The van der Waals surface area contributed by atoms with Crippen LogP contribution in [0.1, 0.15) is 83.5 Å². The zero-order chi connectivity index (χ0) is 32.6. The Morgan fingerprint density at radius 3 is 1.93 bits per heavy atom. The molecule has 0 aliphatic carbocycles. The molecule has 4 aromatic rings. The van der Waals surface area contributed by atoms with E-state index in [1.165, 1.54) is 10.7 Å². The summed E-state index contributed by atoms with van der Waals surface area (Å²) in [5.41, 5.74) is 1.57. The van der Waals surface area contributed by atoms with Gasteiger partial charge in [0.2, 0.25) is 17.1 Å². The van der Waals surface area contributed by atoms with Gasteiger partial charge in [0.1, 0.15) is 29.6 Å². The summed E-state index contributed by atoms with van der Waals surface area (Å²) in [6, 6.07) is 0. The van der Waals surface area contributed by atoms with Gasteiger partial charge in [-0.15, -0.1) is 0 Å². The number of imidazole rings is 2. The molecule has 8 atom stereocenters. The number of hydrogen-bond donors (Lipinski definition) is 1. The smallest absolute Gasteiger partial charge is 0.261 e. The third kappa shape index (κ3) is 5.81. The summed E-state index contributed by atoms with van der Waals surface area (Å²) < 4.78 is 54.8. The van der Waals surface area contributed by atoms with Crippen molar-refractivity contribution < 1.29 is 32.8 Å². The molecule has 1 N–H and O–H groups in total. The molecule has 0 radical (unpaired) electrons. The van der Waals surface area contributed by atoms with E-state index >= 15 is 0 Å². The van der Waals surface area contributed by atoms with Crippen molar-refractivity contribution >= 4 is 11.3 Å². The first-order valence-electron chi connectivity index (χ1n) is 15.5. The Kier molecular flexibility index (Phi) is 9.52. The standard InChI is InChI=1S/C15H21FN4O3.C15H21FN4O2/c1-5-10-8(3)12(16)15(21,23-10)11-7-17-13-14(22-6-2)18-9(4)19-20(11)13;1-5-11-8(3)12(16)13(22-11)10-7-17-14-15(21-6-2)18-9(4)19-20(10)14/h7-8,10,12,21H,5-6H2,1-4H3;7-8,11-13H,5-6H2,1-4H3/t8-,10-,12-,15+;8-,11-,12-,13+/m11/s1. The highest BCUT2D eigenvalue weighted by atomic mass is 19.1. The molecule has 0 amide bonds. The van der Waals surface area contributed by atoms with Crippen LogP contribution in [-0.4, -0.2) is 82.0 Å². The lowest BCUT2D eigenvalue weighted by molar-refractivity contribution is -0.227. The largest absolute Gasteiger partial charge is 0.475 e. The van der Waals surface area contributed by atoms with Crippen molar-refractivity contribution in [2.24, 2.45) is 11.8 Å². The molecule has 2 aliphatic heterocycles. The maximum absolute atomic E-state index is 14.8. The summed E-state index contributed by atoms with van der Waals surface area (Å²) in [5, 5.41) is 19.4. The van der Waals surface area contributed by atoms with E-state index < -0.39 is 30.2 Å². The molecule has 246 valence electrons. The van der Waals surface area contributed by atoms with Gasteiger partial charge in [-0.2, -0.15) is 20.2 Å². The number of ether oxygens (including phenoxy) is 4. The van der Waals surface area contributed by atoms with Crippen LogP contribution in [0.5, 0.6) is 11.8 Å². The molecule has 4 aromatic heterocycles. The van der Waals surface area contributed by atoms with E-state index in [9.17, 15) is 13.9 Å². The summed E-state index contributed by atoms with van der Waals surface area (Å²) in [4.78, 5) is 16.9. The lowest BCUT2D eigenvalue weighted by Gasteiger charge is -2.24. The third-order valence-corrected chi connectivity index (χ3v) is 8.38. The summed E-state index contributed by atoms with van der Waals surface area (Å²) in [7, 11) is 0. The average molecular weight is 633 g/mol. The molecule has 45 heavy (non-hydrogen) atoms. The minimum atomic E-state index is -2.08. The fraction of sp³-hybridized carbons (Fsp3) is 0.667. The van der Waals surface area contributed by atoms with Gasteiger partial charge >= 0.3 is 0 Å². The molecule has 6 rings (SSSR count). The number of fused-ring (bicyclic) bond motifs is 2. The van der Waals surface area contributed by atoms with E-state index in [1.54, 1.807) is 31.5 Å². The number of aryl methyl sites for hydroxylation is 2. The van der Waals surface area contributed by atoms with Crippen molar-refractivity contribution in [2.75, 3.05) is 13.2 Å². The molecular weight excluding hydrogens is 590 g/mol. The van der Waals surface area contributed by atoms with Crippen LogP contribution in [0.15, 0.2) is 12.4 Å². The first kappa shape index (κ1) is 32.8. The molecule has 0 aromatic carbocycles. The fourth-order valence-electron chi connectivity index (χ4n) is 6.01. The Balaban J connectivity index is 0.000000178. The van der Waals surface area contributed by atoms with Crippen LogP contribution < -0.4 is 9.47 Å². The molecule has 2 saturated heterocycles. The van der Waals surface area contributed by atoms with Crippen molar-refractivity contribution in [1.82, 2.24) is 39.2 Å². The predicted molar refractivity (Wildman–Crippen MR) is 158 cm³/mol. The molecule has 2 aliphatic rings. The van der Waals surface area contributed by atoms with Crippen molar-refractivity contribution in [1.29, 1.82) is 0 Å². The first-order chi connectivity index (χ1) is 21.5. The number of aliphatic hydroxyl groups is 1. The molecule has 6 heterocycles. The van der Waals surface area contributed by atoms with Crippen molar-refractivity contribution in [3.63, 3.8) is 0 Å². The van der Waals surface area contributed by atoms with Crippen LogP contribution in [0.4, 0.5) is 8.78 Å². The van der Waals surface area contributed by atoms with Gasteiger partial charge in [-0.05, 0) is 40.5 Å². The Hall–Kier alpha value is -3.56. The van der Waals surface area contributed by atoms with Gasteiger partial charge in [0, 0.05) is 11.8 Å². The van der Waals surface area contributed by atoms with Gasteiger partial charge in [0.15, 0.2) is 6.17 Å². The lowest BCUT2D eigenvalue weighted by atomic mass is 9.95. The SMILES string of the molecule is CCOc1nc(C)nn2c([C@@H]3O[C@H](CC)[C@@H](C)[C@H]3F)cnc12.CCOc1nc(C)nn2c([C@]3(O)O[C@H](CC)[C@@H](C)[C@H]3F)cnc12. The maximum Gasteiger partial charge on any atom is 0.261 e. The second-order valence-electron chi connectivity index (χ2n) is 11.4. The number of nitrogens with zero attached hydrogens (tertiary/aromatic N) is 8. The van der Waals surface area contributed by atoms with Crippen LogP contribution in [-0.2, 0) is 15.3 Å². The molecule has 15 heteroatoms. The van der Waals surface area contributed by atoms with Crippen molar-refractivity contribution in [2.45, 2.75) is 105 Å². The molecular formula is C30H42F2N8O5. The topological polar surface area (TPSA) is 143 Å². The molecule has 0 unspecified atom stereocenters. The van der Waals surface area contributed by atoms with E-state index in [0.717, 1.165) is 6.42 Å². The van der Waals surface area contributed by atoms with Gasteiger partial charge < -0.3 is 24.1 Å². The normalized spacial score (nSPS) is 29.7. The van der Waals surface area contributed by atoms with Crippen LogP contribution in [0.3, 0.4) is 0 Å². The van der Waals surface area contributed by atoms with Crippen LogP contribution in [0, 0.1) is 25.7 Å². The van der Waals surface area contributed by atoms with E-state index in [2.05, 4.69) is 30.1 Å². The minimum absolute atomic E-state index is 0.0835. The number of hydrogen-bond acceptors (Lipinski definition) is 11. The van der Waals surface area contributed by atoms with Gasteiger partial charge in [0.25, 0.3) is 11.8 Å². The van der Waals surface area contributed by atoms with E-state index in [-0.39, 0.29) is 23.8 Å². The van der Waals surface area contributed by atoms with Crippen LogP contribution in [0.25, 0.3) is 11.3 Å². The molecule has 0 spiro atoms. The fourth-order valence-corrected chi connectivity index (χ4v) is 6.01. The first-order valence-corrected chi connectivity index (χ1v) is 15.5. The maximum atomic E-state index is 14.8. The second kappa shape index (κ2) is 13.0. The lowest BCUT2D eigenvalue weighted by Crippen LogP contribution is -2.37. The van der Waals surface area contributed by atoms with E-state index in [4.69, 9.17) is 18.9 Å². The molecule has 0 saturated carbocycles. The zero-order valence-electron chi connectivity index (χ0n) is 26.9. The summed E-state index contributed by atoms with van der Waals surface area (Å²) in [5.74, 6) is -0.970. The quantitative estimate of drug-likeness (QED) is 0.295. The predicted octanol–water partition coefficient (Wildman–Crippen LogP) is 4.42. The highest BCUT2D eigenvalue weighted by Crippen LogP contribution is 2.44. The third-order valence-electron chi connectivity index (χ3n) is 8.38. The van der Waals surface area contributed by atoms with Crippen LogP contribution in [0.2, 0.25) is 0 Å². The van der Waals surface area contributed by atoms with E-state index in [0.29, 0.717) is 60.0 Å². The molecule has 0 bridgehead atoms. The van der Waals surface area contributed by atoms with Gasteiger partial charge in [-0.3, -0.25) is 0 Å². The number of aromatic nitrogens is 8. The second-order valence-corrected chi connectivity index (χ2v) is 11.4. The van der Waals surface area contributed by atoms with E-state index in [1.807, 2.05) is 34.6 Å². The minimum Gasteiger partial charge on any atom is -0.475 e. The van der Waals surface area contributed by atoms with Gasteiger partial charge in [-0.25, -0.2) is 27.8 Å². The zero-order valence-corrected chi connectivity index (χ0v) is 26.9. The molecule has 13 nitrogen and oxygen atoms in total. The average Bonchev–Trinajstić information content (AvgIpc) is 3.75. The van der Waals surface area contributed by atoms with Crippen molar-refractivity contribution in [3.05, 3.63) is 35.4 Å². The summed E-state index contributed by atoms with van der Waals surface area (Å²) in [6.45, 7) is 15.6. The molecule has 2 fully saturated rings. The van der Waals surface area contributed by atoms with Crippen LogP contribution >= 0.6 is 0 Å². The summed E-state index contributed by atoms with van der Waals surface area (Å²) in [6.07, 6.45) is 0.616. The van der Waals surface area contributed by atoms with Gasteiger partial charge in [-0.1, -0.05) is 27.7 Å². The Morgan fingerprint density at radius 1 is 0.844 bits per heavy atom. The Labute approximate surface area is 260 Å². The number of rotatable bonds is 8. The Bertz CT molecular complexity index is 1630. The Morgan fingerprint density at radius 2 is 1.40 bits per heavy atom. The highest BCUT2D eigenvalue weighted by Gasteiger charge is 2.55. The van der Waals surface area contributed by atoms with Crippen molar-refractivity contribution in [3.8, 4) is 11.8 Å². The number of alkyl halides is 2.